The first-order chi connectivity index (χ1) is 8.74. The number of carbonyl (C=O) groups is 1. The van der Waals surface area contributed by atoms with Crippen molar-refractivity contribution in [2.75, 3.05) is 32.8 Å². The smallest absolute Gasteiger partial charge is 0.410 e. The highest BCUT2D eigenvalue weighted by atomic mass is 16.6. The van der Waals surface area contributed by atoms with Crippen LogP contribution in [0.2, 0.25) is 0 Å². The summed E-state index contributed by atoms with van der Waals surface area (Å²) >= 11 is 0. The molecule has 1 aliphatic heterocycles. The van der Waals surface area contributed by atoms with Gasteiger partial charge in [-0.2, -0.15) is 0 Å². The molecule has 0 bridgehead atoms. The van der Waals surface area contributed by atoms with Gasteiger partial charge in [0.15, 0.2) is 0 Å². The molecule has 1 saturated heterocycles. The van der Waals surface area contributed by atoms with Crippen LogP contribution in [0.15, 0.2) is 0 Å². The predicted molar refractivity (Wildman–Crippen MR) is 75.1 cm³/mol. The van der Waals surface area contributed by atoms with E-state index >= 15 is 0 Å². The number of nitrogens with zero attached hydrogens (tertiary/aromatic N) is 2. The fourth-order valence-corrected chi connectivity index (χ4v) is 2.31. The Hall–Kier alpha value is -0.810. The average Bonchev–Trinajstić information content (AvgIpc) is 2.28. The minimum absolute atomic E-state index is 0.171. The molecule has 0 aromatic carbocycles. The van der Waals surface area contributed by atoms with Gasteiger partial charge >= 0.3 is 6.09 Å². The number of rotatable bonds is 3. The van der Waals surface area contributed by atoms with E-state index in [4.69, 9.17) is 4.74 Å². The first-order valence-corrected chi connectivity index (χ1v) is 7.07. The van der Waals surface area contributed by atoms with Crippen molar-refractivity contribution in [3.05, 3.63) is 0 Å². The molecule has 5 nitrogen and oxygen atoms in total. The molecular formula is C14H28N2O3. The molecule has 1 unspecified atom stereocenters. The van der Waals surface area contributed by atoms with Crippen LogP contribution in [0, 0.1) is 5.92 Å². The lowest BCUT2D eigenvalue weighted by Crippen LogP contribution is -2.54. The van der Waals surface area contributed by atoms with Crippen LogP contribution in [0.4, 0.5) is 4.79 Å². The normalized spacial score (nSPS) is 19.6. The Morgan fingerprint density at radius 1 is 1.21 bits per heavy atom. The SMILES string of the molecule is CC(C)C(CO)N1CCN(C(=O)OC(C)(C)C)CC1. The number of carbonyl (C=O) groups excluding carboxylic acids is 1. The second-order valence-electron chi connectivity index (χ2n) is 6.50. The van der Waals surface area contributed by atoms with E-state index in [9.17, 15) is 9.90 Å². The summed E-state index contributed by atoms with van der Waals surface area (Å²) < 4.78 is 5.37. The standard InChI is InChI=1S/C14H28N2O3/c1-11(2)12(10-17)15-6-8-16(9-7-15)13(18)19-14(3,4)5/h11-12,17H,6-10H2,1-5H3. The summed E-state index contributed by atoms with van der Waals surface area (Å²) in [5.74, 6) is 0.415. The third-order valence-electron chi connectivity index (χ3n) is 3.39. The highest BCUT2D eigenvalue weighted by molar-refractivity contribution is 5.68. The second kappa shape index (κ2) is 6.57. The number of aliphatic hydroxyl groups excluding tert-OH is 1. The van der Waals surface area contributed by atoms with Crippen molar-refractivity contribution in [2.45, 2.75) is 46.3 Å². The summed E-state index contributed by atoms with van der Waals surface area (Å²) in [5.41, 5.74) is -0.445. The Labute approximate surface area is 116 Å². The van der Waals surface area contributed by atoms with Crippen molar-refractivity contribution in [1.29, 1.82) is 0 Å². The van der Waals surface area contributed by atoms with E-state index < -0.39 is 5.60 Å². The minimum Gasteiger partial charge on any atom is -0.444 e. The van der Waals surface area contributed by atoms with Gasteiger partial charge < -0.3 is 14.7 Å². The maximum absolute atomic E-state index is 11.9. The molecule has 0 saturated carbocycles. The van der Waals surface area contributed by atoms with Crippen molar-refractivity contribution in [3.63, 3.8) is 0 Å². The van der Waals surface area contributed by atoms with Crippen LogP contribution in [0.3, 0.4) is 0 Å². The van der Waals surface area contributed by atoms with Gasteiger partial charge in [-0.05, 0) is 26.7 Å². The molecule has 0 aliphatic carbocycles. The molecule has 1 fully saturated rings. The molecule has 0 spiro atoms. The molecule has 112 valence electrons. The van der Waals surface area contributed by atoms with E-state index in [1.54, 1.807) is 4.90 Å². The third kappa shape index (κ3) is 4.99. The molecule has 0 aromatic rings. The molecule has 1 atom stereocenters. The zero-order chi connectivity index (χ0) is 14.6. The van der Waals surface area contributed by atoms with E-state index in [0.29, 0.717) is 19.0 Å². The first kappa shape index (κ1) is 16.2. The third-order valence-corrected chi connectivity index (χ3v) is 3.39. The van der Waals surface area contributed by atoms with E-state index in [0.717, 1.165) is 13.1 Å². The largest absolute Gasteiger partial charge is 0.444 e. The summed E-state index contributed by atoms with van der Waals surface area (Å²) in [6.45, 7) is 12.9. The molecule has 0 radical (unpaired) electrons. The average molecular weight is 272 g/mol. The van der Waals surface area contributed by atoms with Crippen molar-refractivity contribution in [3.8, 4) is 0 Å². The van der Waals surface area contributed by atoms with Gasteiger partial charge in [-0.15, -0.1) is 0 Å². The fraction of sp³-hybridized carbons (Fsp3) is 0.929. The number of piperazine rings is 1. The Bertz CT molecular complexity index is 292. The fourth-order valence-electron chi connectivity index (χ4n) is 2.31. The lowest BCUT2D eigenvalue weighted by molar-refractivity contribution is 0.00226. The molecular weight excluding hydrogens is 244 g/mol. The summed E-state index contributed by atoms with van der Waals surface area (Å²) in [6, 6.07) is 0.181. The summed E-state index contributed by atoms with van der Waals surface area (Å²) in [7, 11) is 0. The number of hydrogen-bond donors (Lipinski definition) is 1. The molecule has 1 aliphatic rings. The van der Waals surface area contributed by atoms with E-state index in [1.165, 1.54) is 0 Å². The van der Waals surface area contributed by atoms with Gasteiger partial charge in [0, 0.05) is 32.2 Å². The minimum atomic E-state index is -0.445. The summed E-state index contributed by atoms with van der Waals surface area (Å²) in [6.07, 6.45) is -0.239. The highest BCUT2D eigenvalue weighted by Gasteiger charge is 2.29. The van der Waals surface area contributed by atoms with Crippen LogP contribution in [0.25, 0.3) is 0 Å². The molecule has 1 rings (SSSR count). The molecule has 19 heavy (non-hydrogen) atoms. The maximum Gasteiger partial charge on any atom is 0.410 e. The lowest BCUT2D eigenvalue weighted by Gasteiger charge is -2.40. The molecule has 1 N–H and O–H groups in total. The van der Waals surface area contributed by atoms with Gasteiger partial charge in [-0.1, -0.05) is 13.8 Å². The summed E-state index contributed by atoms with van der Waals surface area (Å²) in [5, 5.41) is 9.43. The van der Waals surface area contributed by atoms with Gasteiger partial charge in [-0.25, -0.2) is 4.79 Å². The van der Waals surface area contributed by atoms with Crippen molar-refractivity contribution in [1.82, 2.24) is 9.80 Å². The topological polar surface area (TPSA) is 53.0 Å². The van der Waals surface area contributed by atoms with Crippen LogP contribution in [-0.2, 0) is 4.74 Å². The number of hydrogen-bond acceptors (Lipinski definition) is 4. The molecule has 5 heteroatoms. The second-order valence-corrected chi connectivity index (χ2v) is 6.50. The van der Waals surface area contributed by atoms with Crippen molar-refractivity contribution in [2.24, 2.45) is 5.92 Å². The Kier molecular flexibility index (Phi) is 5.62. The zero-order valence-electron chi connectivity index (χ0n) is 12.8. The van der Waals surface area contributed by atoms with E-state index in [2.05, 4.69) is 18.7 Å². The number of aliphatic hydroxyl groups is 1. The molecule has 1 amide bonds. The van der Waals surface area contributed by atoms with E-state index in [1.807, 2.05) is 20.8 Å². The van der Waals surface area contributed by atoms with Gasteiger partial charge in [0.25, 0.3) is 0 Å². The number of ether oxygens (including phenoxy) is 1. The molecule has 0 aromatic heterocycles. The van der Waals surface area contributed by atoms with Crippen LogP contribution in [0.5, 0.6) is 0 Å². The molecule has 1 heterocycles. The number of amides is 1. The Balaban J connectivity index is 2.46. The Morgan fingerprint density at radius 2 is 1.74 bits per heavy atom. The van der Waals surface area contributed by atoms with Gasteiger partial charge in [-0.3, -0.25) is 4.90 Å². The van der Waals surface area contributed by atoms with Gasteiger partial charge in [0.2, 0.25) is 0 Å². The first-order valence-electron chi connectivity index (χ1n) is 7.07. The van der Waals surface area contributed by atoms with E-state index in [-0.39, 0.29) is 18.7 Å². The van der Waals surface area contributed by atoms with Crippen LogP contribution in [-0.4, -0.2) is 65.4 Å². The van der Waals surface area contributed by atoms with Gasteiger partial charge in [0.1, 0.15) is 5.60 Å². The maximum atomic E-state index is 11.9. The monoisotopic (exact) mass is 272 g/mol. The van der Waals surface area contributed by atoms with Gasteiger partial charge in [0.05, 0.1) is 6.61 Å². The summed E-state index contributed by atoms with van der Waals surface area (Å²) in [4.78, 5) is 15.9. The zero-order valence-corrected chi connectivity index (χ0v) is 12.8. The highest BCUT2D eigenvalue weighted by Crippen LogP contribution is 2.15. The van der Waals surface area contributed by atoms with Crippen LogP contribution < -0.4 is 0 Å². The predicted octanol–water partition coefficient (Wildman–Crippen LogP) is 1.56. The Morgan fingerprint density at radius 3 is 2.11 bits per heavy atom. The quantitative estimate of drug-likeness (QED) is 0.847. The van der Waals surface area contributed by atoms with Crippen molar-refractivity contribution < 1.29 is 14.6 Å². The van der Waals surface area contributed by atoms with Crippen LogP contribution in [0.1, 0.15) is 34.6 Å². The van der Waals surface area contributed by atoms with Crippen molar-refractivity contribution >= 4 is 6.09 Å². The lowest BCUT2D eigenvalue weighted by atomic mass is 10.0. The van der Waals surface area contributed by atoms with Crippen LogP contribution >= 0.6 is 0 Å².